The van der Waals surface area contributed by atoms with E-state index in [9.17, 15) is 9.59 Å². The first-order chi connectivity index (χ1) is 13.4. The van der Waals surface area contributed by atoms with Crippen molar-refractivity contribution in [3.05, 3.63) is 28.4 Å². The van der Waals surface area contributed by atoms with Crippen LogP contribution in [0.2, 0.25) is 0 Å². The van der Waals surface area contributed by atoms with Crippen molar-refractivity contribution in [2.75, 3.05) is 31.6 Å². The number of nitrogens with one attached hydrogen (secondary N) is 2. The minimum atomic E-state index is -0.469. The summed E-state index contributed by atoms with van der Waals surface area (Å²) in [5.74, 6) is 0.752. The fourth-order valence-electron chi connectivity index (χ4n) is 4.09. The molecule has 0 radical (unpaired) electrons. The zero-order chi connectivity index (χ0) is 20.3. The maximum Gasteiger partial charge on any atom is 0.356 e. The number of esters is 1. The number of aromatic nitrogens is 1. The van der Waals surface area contributed by atoms with Gasteiger partial charge in [0.05, 0.1) is 12.3 Å². The Morgan fingerprint density at radius 3 is 2.68 bits per heavy atom. The van der Waals surface area contributed by atoms with Gasteiger partial charge in [-0.1, -0.05) is 29.8 Å². The number of piperidine rings is 1. The third kappa shape index (κ3) is 4.94. The number of ether oxygens (including phenoxy) is 1. The number of likely N-dealkylation sites (tertiary alicyclic amines) is 1. The molecule has 1 aliphatic rings. The molecule has 2 aromatic rings. The molecule has 28 heavy (non-hydrogen) atoms. The van der Waals surface area contributed by atoms with Gasteiger partial charge in [-0.2, -0.15) is 0 Å². The van der Waals surface area contributed by atoms with Crippen LogP contribution in [0.4, 0.5) is 5.69 Å². The van der Waals surface area contributed by atoms with Crippen molar-refractivity contribution < 1.29 is 14.3 Å². The Labute approximate surface area is 174 Å². The van der Waals surface area contributed by atoms with Gasteiger partial charge in [0.1, 0.15) is 5.69 Å². The molecular weight excluding hydrogens is 422 g/mol. The summed E-state index contributed by atoms with van der Waals surface area (Å²) in [5.41, 5.74) is 1.55. The lowest BCUT2D eigenvalue weighted by Crippen LogP contribution is -2.40. The fraction of sp³-hybridized carbons (Fsp3) is 0.524. The highest BCUT2D eigenvalue weighted by atomic mass is 79.9. The van der Waals surface area contributed by atoms with Crippen LogP contribution in [0.1, 0.15) is 44.1 Å². The Bertz CT molecular complexity index is 854. The lowest BCUT2D eigenvalue weighted by atomic mass is 9.92. The van der Waals surface area contributed by atoms with E-state index < -0.39 is 5.97 Å². The average Bonchev–Trinajstić information content (AvgIpc) is 2.97. The highest BCUT2D eigenvalue weighted by molar-refractivity contribution is 9.10. The zero-order valence-corrected chi connectivity index (χ0v) is 18.3. The Morgan fingerprint density at radius 2 is 2.00 bits per heavy atom. The van der Waals surface area contributed by atoms with Crippen LogP contribution in [0.25, 0.3) is 10.9 Å². The number of halogens is 1. The van der Waals surface area contributed by atoms with E-state index in [0.29, 0.717) is 23.9 Å². The first-order valence-electron chi connectivity index (χ1n) is 9.88. The molecule has 0 unspecified atom stereocenters. The van der Waals surface area contributed by atoms with Crippen molar-refractivity contribution in [2.45, 2.75) is 33.6 Å². The zero-order valence-electron chi connectivity index (χ0n) is 16.7. The van der Waals surface area contributed by atoms with Crippen LogP contribution in [-0.4, -0.2) is 48.0 Å². The van der Waals surface area contributed by atoms with E-state index in [1.807, 2.05) is 18.2 Å². The molecule has 2 N–H and O–H groups in total. The molecule has 0 spiro atoms. The maximum atomic E-state index is 12.7. The molecule has 1 aromatic carbocycles. The second kappa shape index (κ2) is 9.09. The van der Waals surface area contributed by atoms with Gasteiger partial charge in [0.15, 0.2) is 0 Å². The molecule has 0 bridgehead atoms. The Hall–Kier alpha value is -1.86. The summed E-state index contributed by atoms with van der Waals surface area (Å²) >= 11 is 3.45. The van der Waals surface area contributed by atoms with E-state index in [1.165, 1.54) is 6.42 Å². The topological polar surface area (TPSA) is 74.4 Å². The summed E-state index contributed by atoms with van der Waals surface area (Å²) in [6, 6.07) is 5.64. The number of amides is 1. The number of benzene rings is 1. The van der Waals surface area contributed by atoms with Gasteiger partial charge in [-0.3, -0.25) is 4.79 Å². The van der Waals surface area contributed by atoms with Crippen molar-refractivity contribution in [1.29, 1.82) is 0 Å². The number of H-pyrrole nitrogens is 1. The molecule has 0 aliphatic carbocycles. The third-order valence-electron chi connectivity index (χ3n) is 5.10. The molecule has 7 heteroatoms. The molecule has 2 heterocycles. The molecule has 1 aromatic heterocycles. The highest BCUT2D eigenvalue weighted by Gasteiger charge is 2.24. The van der Waals surface area contributed by atoms with Crippen LogP contribution in [0.3, 0.4) is 0 Å². The Morgan fingerprint density at radius 1 is 1.29 bits per heavy atom. The van der Waals surface area contributed by atoms with Crippen molar-refractivity contribution in [3.8, 4) is 0 Å². The van der Waals surface area contributed by atoms with Gasteiger partial charge in [0.25, 0.3) is 0 Å². The lowest BCUT2D eigenvalue weighted by molar-refractivity contribution is -0.116. The number of rotatable bonds is 6. The number of hydrogen-bond donors (Lipinski definition) is 2. The lowest BCUT2D eigenvalue weighted by Gasteiger charge is -2.34. The largest absolute Gasteiger partial charge is 0.461 e. The average molecular weight is 450 g/mol. The monoisotopic (exact) mass is 449 g/mol. The van der Waals surface area contributed by atoms with Crippen LogP contribution in [0.5, 0.6) is 0 Å². The molecule has 2 atom stereocenters. The van der Waals surface area contributed by atoms with Gasteiger partial charge in [-0.05, 0) is 43.4 Å². The van der Waals surface area contributed by atoms with E-state index in [0.717, 1.165) is 35.0 Å². The summed E-state index contributed by atoms with van der Waals surface area (Å²) in [6.07, 6.45) is 1.64. The first kappa shape index (κ1) is 20.9. The number of aromatic amines is 1. The first-order valence-corrected chi connectivity index (χ1v) is 10.7. The minimum absolute atomic E-state index is 0.0997. The fourth-order valence-corrected chi connectivity index (χ4v) is 4.45. The van der Waals surface area contributed by atoms with Gasteiger partial charge < -0.3 is 19.9 Å². The standard InChI is InChI=1S/C21H28BrN3O3/c1-4-28-21(27)20-19(16-10-15(22)5-6-17(16)23-20)24-18(26)7-8-25-11-13(2)9-14(3)12-25/h5-6,10,13-14,23H,4,7-9,11-12H2,1-3H3,(H,24,26)/t13-,14+. The number of anilines is 1. The van der Waals surface area contributed by atoms with Crippen LogP contribution in [-0.2, 0) is 9.53 Å². The second-order valence-corrected chi connectivity index (χ2v) is 8.70. The quantitative estimate of drug-likeness (QED) is 0.640. The van der Waals surface area contributed by atoms with Crippen LogP contribution in [0.15, 0.2) is 22.7 Å². The van der Waals surface area contributed by atoms with E-state index in [4.69, 9.17) is 4.74 Å². The molecule has 0 saturated carbocycles. The number of nitrogens with zero attached hydrogens (tertiary/aromatic N) is 1. The van der Waals surface area contributed by atoms with Gasteiger partial charge in [0.2, 0.25) is 5.91 Å². The second-order valence-electron chi connectivity index (χ2n) is 7.79. The summed E-state index contributed by atoms with van der Waals surface area (Å²) in [5, 5.41) is 3.73. The minimum Gasteiger partial charge on any atom is -0.461 e. The van der Waals surface area contributed by atoms with E-state index in [-0.39, 0.29) is 18.2 Å². The van der Waals surface area contributed by atoms with Crippen molar-refractivity contribution >= 4 is 44.4 Å². The van der Waals surface area contributed by atoms with Gasteiger partial charge in [0, 0.05) is 41.4 Å². The number of carbonyl (C=O) groups is 2. The summed E-state index contributed by atoms with van der Waals surface area (Å²) in [7, 11) is 0. The molecule has 1 amide bonds. The SMILES string of the molecule is CCOC(=O)c1[nH]c2ccc(Br)cc2c1NC(=O)CCN1C[C@H](C)C[C@H](C)C1. The van der Waals surface area contributed by atoms with Crippen molar-refractivity contribution in [1.82, 2.24) is 9.88 Å². The number of fused-ring (bicyclic) bond motifs is 1. The van der Waals surface area contributed by atoms with Crippen LogP contribution >= 0.6 is 15.9 Å². The summed E-state index contributed by atoms with van der Waals surface area (Å²) in [6.45, 7) is 9.35. The van der Waals surface area contributed by atoms with Gasteiger partial charge >= 0.3 is 5.97 Å². The highest BCUT2D eigenvalue weighted by Crippen LogP contribution is 2.31. The Balaban J connectivity index is 1.74. The summed E-state index contributed by atoms with van der Waals surface area (Å²) < 4.78 is 6.02. The van der Waals surface area contributed by atoms with E-state index >= 15 is 0 Å². The molecule has 3 rings (SSSR count). The van der Waals surface area contributed by atoms with Crippen molar-refractivity contribution in [3.63, 3.8) is 0 Å². The molecule has 1 aliphatic heterocycles. The molecule has 152 valence electrons. The molecule has 6 nitrogen and oxygen atoms in total. The van der Waals surface area contributed by atoms with E-state index in [1.54, 1.807) is 6.92 Å². The molecule has 1 saturated heterocycles. The number of carbonyl (C=O) groups excluding carboxylic acids is 2. The number of hydrogen-bond acceptors (Lipinski definition) is 4. The summed E-state index contributed by atoms with van der Waals surface area (Å²) in [4.78, 5) is 30.5. The maximum absolute atomic E-state index is 12.7. The predicted molar refractivity (Wildman–Crippen MR) is 115 cm³/mol. The van der Waals surface area contributed by atoms with Crippen LogP contribution < -0.4 is 5.32 Å². The predicted octanol–water partition coefficient (Wildman–Crippen LogP) is 4.41. The van der Waals surface area contributed by atoms with Gasteiger partial charge in [-0.15, -0.1) is 0 Å². The smallest absolute Gasteiger partial charge is 0.356 e. The Kier molecular flexibility index (Phi) is 6.78. The van der Waals surface area contributed by atoms with E-state index in [2.05, 4.69) is 45.0 Å². The molecular formula is C21H28BrN3O3. The van der Waals surface area contributed by atoms with Gasteiger partial charge in [-0.25, -0.2) is 4.79 Å². The molecule has 1 fully saturated rings. The third-order valence-corrected chi connectivity index (χ3v) is 5.60. The normalized spacial score (nSPS) is 20.3. The van der Waals surface area contributed by atoms with Crippen molar-refractivity contribution in [2.24, 2.45) is 11.8 Å². The van der Waals surface area contributed by atoms with Crippen LogP contribution in [0, 0.1) is 11.8 Å².